The summed E-state index contributed by atoms with van der Waals surface area (Å²) in [6.07, 6.45) is 0. The minimum Gasteiger partial charge on any atom is -0.477 e. The van der Waals surface area contributed by atoms with Crippen LogP contribution in [0.4, 0.5) is 0 Å². The predicted octanol–water partition coefficient (Wildman–Crippen LogP) is 5.06. The van der Waals surface area contributed by atoms with E-state index in [2.05, 4.69) is 4.98 Å². The van der Waals surface area contributed by atoms with E-state index in [1.807, 2.05) is 0 Å². The van der Waals surface area contributed by atoms with Crippen molar-refractivity contribution in [1.29, 1.82) is 0 Å². The maximum atomic E-state index is 10.8. The van der Waals surface area contributed by atoms with Gasteiger partial charge in [-0.25, -0.2) is 9.78 Å². The molecule has 19 heavy (non-hydrogen) atoms. The Morgan fingerprint density at radius 3 is 2.16 bits per heavy atom. The number of carboxylic acids is 1. The fourth-order valence-electron chi connectivity index (χ4n) is 1.48. The third kappa shape index (κ3) is 2.95. The molecule has 2 aromatic rings. The van der Waals surface area contributed by atoms with Gasteiger partial charge in [0.15, 0.2) is 0 Å². The lowest BCUT2D eigenvalue weighted by Gasteiger charge is -2.08. The molecular formula is C12H5Cl4NO2. The minimum absolute atomic E-state index is 0.0280. The topological polar surface area (TPSA) is 50.2 Å². The van der Waals surface area contributed by atoms with Gasteiger partial charge in [0, 0.05) is 11.1 Å². The van der Waals surface area contributed by atoms with Crippen molar-refractivity contribution in [3.63, 3.8) is 0 Å². The SMILES string of the molecule is O=C(O)c1ccc(-c2cc(Cl)c(Cl)cc2Cl)c(Cl)n1. The van der Waals surface area contributed by atoms with Gasteiger partial charge in [-0.1, -0.05) is 46.4 Å². The normalized spacial score (nSPS) is 10.5. The van der Waals surface area contributed by atoms with E-state index < -0.39 is 5.97 Å². The molecule has 0 fully saturated rings. The molecule has 0 atom stereocenters. The number of carbonyl (C=O) groups is 1. The lowest BCUT2D eigenvalue weighted by Crippen LogP contribution is -2.00. The van der Waals surface area contributed by atoms with Gasteiger partial charge in [-0.2, -0.15) is 0 Å². The molecule has 0 unspecified atom stereocenters. The largest absolute Gasteiger partial charge is 0.477 e. The summed E-state index contributed by atoms with van der Waals surface area (Å²) in [6.45, 7) is 0. The Balaban J connectivity index is 2.59. The third-order valence-electron chi connectivity index (χ3n) is 2.37. The van der Waals surface area contributed by atoms with E-state index in [0.717, 1.165) is 0 Å². The van der Waals surface area contributed by atoms with Gasteiger partial charge in [0.05, 0.1) is 15.1 Å². The summed E-state index contributed by atoms with van der Waals surface area (Å²) in [5.74, 6) is -1.16. The lowest BCUT2D eigenvalue weighted by atomic mass is 10.1. The monoisotopic (exact) mass is 335 g/mol. The molecule has 0 saturated heterocycles. The number of hydrogen-bond donors (Lipinski definition) is 1. The minimum atomic E-state index is -1.16. The molecule has 3 nitrogen and oxygen atoms in total. The van der Waals surface area contributed by atoms with Crippen LogP contribution in [0.3, 0.4) is 0 Å². The molecule has 0 radical (unpaired) electrons. The third-order valence-corrected chi connectivity index (χ3v) is 3.69. The van der Waals surface area contributed by atoms with E-state index in [0.29, 0.717) is 26.2 Å². The zero-order chi connectivity index (χ0) is 14.2. The highest BCUT2D eigenvalue weighted by Crippen LogP contribution is 2.37. The molecule has 1 N–H and O–H groups in total. The van der Waals surface area contributed by atoms with E-state index in [9.17, 15) is 4.79 Å². The molecule has 0 aliphatic heterocycles. The lowest BCUT2D eigenvalue weighted by molar-refractivity contribution is 0.0690. The van der Waals surface area contributed by atoms with Crippen LogP contribution in [0.15, 0.2) is 24.3 Å². The van der Waals surface area contributed by atoms with Crippen LogP contribution in [0.2, 0.25) is 20.2 Å². The van der Waals surface area contributed by atoms with E-state index in [-0.39, 0.29) is 10.8 Å². The number of carboxylic acid groups (broad SMARTS) is 1. The summed E-state index contributed by atoms with van der Waals surface area (Å²) in [6, 6.07) is 5.89. The van der Waals surface area contributed by atoms with Crippen LogP contribution < -0.4 is 0 Å². The van der Waals surface area contributed by atoms with Crippen LogP contribution in [0.5, 0.6) is 0 Å². The summed E-state index contributed by atoms with van der Waals surface area (Å²) < 4.78 is 0. The molecule has 0 bridgehead atoms. The van der Waals surface area contributed by atoms with E-state index in [1.54, 1.807) is 6.07 Å². The zero-order valence-corrected chi connectivity index (χ0v) is 12.1. The van der Waals surface area contributed by atoms with Crippen molar-refractivity contribution in [2.24, 2.45) is 0 Å². The second kappa shape index (κ2) is 5.55. The van der Waals surface area contributed by atoms with Crippen LogP contribution in [-0.2, 0) is 0 Å². The number of benzene rings is 1. The Morgan fingerprint density at radius 1 is 0.947 bits per heavy atom. The average molecular weight is 337 g/mol. The van der Waals surface area contributed by atoms with Crippen LogP contribution in [0.1, 0.15) is 10.5 Å². The van der Waals surface area contributed by atoms with Gasteiger partial charge in [0.1, 0.15) is 10.8 Å². The first-order chi connectivity index (χ1) is 8.90. The number of aromatic carboxylic acids is 1. The van der Waals surface area contributed by atoms with Gasteiger partial charge < -0.3 is 5.11 Å². The molecule has 7 heteroatoms. The Labute approximate surface area is 128 Å². The van der Waals surface area contributed by atoms with Gasteiger partial charge in [0.25, 0.3) is 0 Å². The molecule has 0 saturated carbocycles. The highest BCUT2D eigenvalue weighted by Gasteiger charge is 2.14. The highest BCUT2D eigenvalue weighted by molar-refractivity contribution is 6.44. The number of pyridine rings is 1. The summed E-state index contributed by atoms with van der Waals surface area (Å²) in [7, 11) is 0. The Bertz CT molecular complexity index is 673. The van der Waals surface area contributed by atoms with E-state index in [4.69, 9.17) is 51.5 Å². The molecular weight excluding hydrogens is 332 g/mol. The maximum Gasteiger partial charge on any atom is 0.354 e. The Kier molecular flexibility index (Phi) is 4.21. The van der Waals surface area contributed by atoms with Crippen molar-refractivity contribution >= 4 is 52.4 Å². The standard InChI is InChI=1S/C12H5Cl4NO2/c13-7-4-9(15)8(14)3-6(7)5-1-2-10(12(18)19)17-11(5)16/h1-4H,(H,18,19). The highest BCUT2D eigenvalue weighted by atomic mass is 35.5. The van der Waals surface area contributed by atoms with Crippen LogP contribution in [-0.4, -0.2) is 16.1 Å². The number of nitrogens with zero attached hydrogens (tertiary/aromatic N) is 1. The van der Waals surface area contributed by atoms with Gasteiger partial charge in [-0.3, -0.25) is 0 Å². The molecule has 1 aromatic heterocycles. The van der Waals surface area contributed by atoms with Gasteiger partial charge in [0.2, 0.25) is 0 Å². The molecule has 2 rings (SSSR count). The van der Waals surface area contributed by atoms with Gasteiger partial charge >= 0.3 is 5.97 Å². The molecule has 0 aliphatic rings. The quantitative estimate of drug-likeness (QED) is 0.616. The summed E-state index contributed by atoms with van der Waals surface area (Å²) in [5, 5.41) is 9.84. The molecule has 0 aliphatic carbocycles. The van der Waals surface area contributed by atoms with E-state index >= 15 is 0 Å². The first kappa shape index (κ1) is 14.4. The fourth-order valence-corrected chi connectivity index (χ4v) is 2.39. The second-order valence-electron chi connectivity index (χ2n) is 3.59. The van der Waals surface area contributed by atoms with Crippen molar-refractivity contribution in [3.8, 4) is 11.1 Å². The zero-order valence-electron chi connectivity index (χ0n) is 9.12. The first-order valence-electron chi connectivity index (χ1n) is 4.95. The Hall–Kier alpha value is -1.000. The van der Waals surface area contributed by atoms with E-state index in [1.165, 1.54) is 18.2 Å². The van der Waals surface area contributed by atoms with Crippen molar-refractivity contribution in [2.75, 3.05) is 0 Å². The van der Waals surface area contributed by atoms with Gasteiger partial charge in [-0.05, 0) is 24.3 Å². The molecule has 1 heterocycles. The summed E-state index contributed by atoms with van der Waals surface area (Å²) in [4.78, 5) is 14.6. The van der Waals surface area contributed by atoms with Crippen LogP contribution in [0.25, 0.3) is 11.1 Å². The number of hydrogen-bond acceptors (Lipinski definition) is 2. The van der Waals surface area contributed by atoms with Crippen molar-refractivity contribution in [3.05, 3.63) is 50.2 Å². The fraction of sp³-hybridized carbons (Fsp3) is 0. The second-order valence-corrected chi connectivity index (χ2v) is 5.17. The number of halogens is 4. The van der Waals surface area contributed by atoms with Gasteiger partial charge in [-0.15, -0.1) is 0 Å². The smallest absolute Gasteiger partial charge is 0.354 e. The molecule has 0 amide bonds. The van der Waals surface area contributed by atoms with Crippen molar-refractivity contribution in [1.82, 2.24) is 4.98 Å². The summed E-state index contributed by atoms with van der Waals surface area (Å²) in [5.41, 5.74) is 0.866. The van der Waals surface area contributed by atoms with Crippen molar-refractivity contribution < 1.29 is 9.90 Å². The molecule has 0 spiro atoms. The first-order valence-corrected chi connectivity index (χ1v) is 6.46. The summed E-state index contributed by atoms with van der Waals surface area (Å²) >= 11 is 23.8. The Morgan fingerprint density at radius 2 is 1.58 bits per heavy atom. The predicted molar refractivity (Wildman–Crippen MR) is 76.7 cm³/mol. The van der Waals surface area contributed by atoms with Crippen molar-refractivity contribution in [2.45, 2.75) is 0 Å². The number of aromatic nitrogens is 1. The van der Waals surface area contributed by atoms with Crippen LogP contribution >= 0.6 is 46.4 Å². The van der Waals surface area contributed by atoms with Crippen LogP contribution in [0, 0.1) is 0 Å². The maximum absolute atomic E-state index is 10.8. The molecule has 1 aromatic carbocycles. The average Bonchev–Trinajstić information content (AvgIpc) is 2.34. The molecule has 98 valence electrons. The number of rotatable bonds is 2.